The predicted molar refractivity (Wildman–Crippen MR) is 43.6 cm³/mol. The van der Waals surface area contributed by atoms with Crippen LogP contribution in [0.3, 0.4) is 0 Å². The maximum absolute atomic E-state index is 10.6. The van der Waals surface area contributed by atoms with Crippen LogP contribution in [0.2, 0.25) is 0 Å². The zero-order valence-electron chi connectivity index (χ0n) is 5.22. The van der Waals surface area contributed by atoms with Crippen molar-refractivity contribution in [3.05, 3.63) is 0 Å². The SMILES string of the molecule is CNSC(=O)SCCN. The van der Waals surface area contributed by atoms with Gasteiger partial charge in [-0.15, -0.1) is 0 Å². The summed E-state index contributed by atoms with van der Waals surface area (Å²) in [7, 11) is 1.71. The van der Waals surface area contributed by atoms with Crippen LogP contribution >= 0.6 is 23.7 Å². The predicted octanol–water partition coefficient (Wildman–Crippen LogP) is 0.666. The molecule has 0 saturated heterocycles. The highest BCUT2D eigenvalue weighted by atomic mass is 32.2. The van der Waals surface area contributed by atoms with Gasteiger partial charge in [0, 0.05) is 24.2 Å². The molecule has 0 radical (unpaired) electrons. The standard InChI is InChI=1S/C4H10N2OS2/c1-6-9-4(7)8-3-2-5/h6H,2-3,5H2,1H3. The normalized spacial score (nSPS) is 9.56. The lowest BCUT2D eigenvalue weighted by Crippen LogP contribution is -2.04. The van der Waals surface area contributed by atoms with Crippen LogP contribution in [0.4, 0.5) is 4.79 Å². The molecule has 0 aromatic heterocycles. The van der Waals surface area contributed by atoms with E-state index in [1.165, 1.54) is 11.8 Å². The monoisotopic (exact) mass is 166 g/mol. The molecule has 0 aromatic carbocycles. The molecule has 5 heteroatoms. The van der Waals surface area contributed by atoms with E-state index in [0.29, 0.717) is 12.3 Å². The minimum atomic E-state index is 0.0722. The molecule has 0 fully saturated rings. The minimum Gasteiger partial charge on any atom is -0.330 e. The molecule has 0 bridgehead atoms. The maximum Gasteiger partial charge on any atom is 0.260 e. The number of carbonyl (C=O) groups is 1. The fourth-order valence-corrected chi connectivity index (χ4v) is 1.44. The average molecular weight is 166 g/mol. The first-order chi connectivity index (χ1) is 4.31. The lowest BCUT2D eigenvalue weighted by Gasteiger charge is -1.94. The summed E-state index contributed by atoms with van der Waals surface area (Å²) in [6.45, 7) is 0.556. The van der Waals surface area contributed by atoms with Crippen LogP contribution in [0.15, 0.2) is 0 Å². The van der Waals surface area contributed by atoms with Gasteiger partial charge in [-0.1, -0.05) is 11.8 Å². The highest BCUT2D eigenvalue weighted by Crippen LogP contribution is 2.11. The summed E-state index contributed by atoms with van der Waals surface area (Å²) < 4.78 is 2.75. The Morgan fingerprint density at radius 3 is 2.89 bits per heavy atom. The quantitative estimate of drug-likeness (QED) is 0.603. The number of carbonyl (C=O) groups excluding carboxylic acids is 1. The second-order valence-corrected chi connectivity index (χ2v) is 3.50. The van der Waals surface area contributed by atoms with Crippen LogP contribution in [0, 0.1) is 0 Å². The first-order valence-corrected chi connectivity index (χ1v) is 4.32. The lowest BCUT2D eigenvalue weighted by atomic mass is 10.8. The molecule has 0 unspecified atom stereocenters. The van der Waals surface area contributed by atoms with Crippen LogP contribution < -0.4 is 10.5 Å². The molecular formula is C4H10N2OS2. The topological polar surface area (TPSA) is 55.1 Å². The molecule has 0 amide bonds. The summed E-state index contributed by atoms with van der Waals surface area (Å²) in [4.78, 5) is 10.6. The van der Waals surface area contributed by atoms with E-state index in [-0.39, 0.29) is 4.45 Å². The summed E-state index contributed by atoms with van der Waals surface area (Å²) in [6, 6.07) is 0. The van der Waals surface area contributed by atoms with Gasteiger partial charge in [0.05, 0.1) is 0 Å². The number of hydrogen-bond donors (Lipinski definition) is 2. The molecule has 0 aliphatic carbocycles. The second-order valence-electron chi connectivity index (χ2n) is 1.19. The van der Waals surface area contributed by atoms with Crippen molar-refractivity contribution in [1.29, 1.82) is 0 Å². The van der Waals surface area contributed by atoms with Gasteiger partial charge in [-0.25, -0.2) is 0 Å². The van der Waals surface area contributed by atoms with Crippen LogP contribution in [-0.4, -0.2) is 23.8 Å². The zero-order chi connectivity index (χ0) is 7.11. The molecule has 0 rings (SSSR count). The zero-order valence-corrected chi connectivity index (χ0v) is 6.85. The van der Waals surface area contributed by atoms with E-state index in [2.05, 4.69) is 4.72 Å². The molecule has 0 saturated carbocycles. The van der Waals surface area contributed by atoms with Crippen molar-refractivity contribution in [3.8, 4) is 0 Å². The first-order valence-electron chi connectivity index (χ1n) is 2.51. The molecule has 54 valence electrons. The Morgan fingerprint density at radius 1 is 1.78 bits per heavy atom. The largest absolute Gasteiger partial charge is 0.330 e. The third-order valence-electron chi connectivity index (χ3n) is 0.523. The van der Waals surface area contributed by atoms with E-state index in [1.807, 2.05) is 0 Å². The number of hydrogen-bond acceptors (Lipinski definition) is 5. The van der Waals surface area contributed by atoms with E-state index < -0.39 is 0 Å². The van der Waals surface area contributed by atoms with Crippen molar-refractivity contribution >= 4 is 28.2 Å². The van der Waals surface area contributed by atoms with Crippen molar-refractivity contribution in [1.82, 2.24) is 4.72 Å². The Morgan fingerprint density at radius 2 is 2.44 bits per heavy atom. The number of rotatable bonds is 3. The van der Waals surface area contributed by atoms with Gasteiger partial charge in [-0.2, -0.15) is 0 Å². The van der Waals surface area contributed by atoms with Gasteiger partial charge in [-0.05, 0) is 7.05 Å². The van der Waals surface area contributed by atoms with Crippen molar-refractivity contribution < 1.29 is 4.79 Å². The second kappa shape index (κ2) is 6.41. The van der Waals surface area contributed by atoms with Gasteiger partial charge in [0.25, 0.3) is 4.45 Å². The Hall–Kier alpha value is 0.290. The van der Waals surface area contributed by atoms with E-state index in [0.717, 1.165) is 11.9 Å². The third kappa shape index (κ3) is 6.17. The van der Waals surface area contributed by atoms with Crippen LogP contribution in [-0.2, 0) is 0 Å². The Labute approximate surface area is 63.3 Å². The van der Waals surface area contributed by atoms with Gasteiger partial charge in [0.15, 0.2) is 0 Å². The van der Waals surface area contributed by atoms with Gasteiger partial charge in [0.1, 0.15) is 0 Å². The number of nitrogens with two attached hydrogens (primary N) is 1. The van der Waals surface area contributed by atoms with E-state index in [4.69, 9.17) is 5.73 Å². The van der Waals surface area contributed by atoms with Crippen molar-refractivity contribution in [2.24, 2.45) is 5.73 Å². The fraction of sp³-hybridized carbons (Fsp3) is 0.750. The molecule has 0 heterocycles. The summed E-state index contributed by atoms with van der Waals surface area (Å²) >= 11 is 2.33. The maximum atomic E-state index is 10.6. The van der Waals surface area contributed by atoms with Gasteiger partial charge in [0.2, 0.25) is 0 Å². The van der Waals surface area contributed by atoms with Crippen LogP contribution in [0.1, 0.15) is 0 Å². The van der Waals surface area contributed by atoms with E-state index in [1.54, 1.807) is 7.05 Å². The van der Waals surface area contributed by atoms with Crippen molar-refractivity contribution in [2.45, 2.75) is 0 Å². The lowest BCUT2D eigenvalue weighted by molar-refractivity contribution is 0.276. The van der Waals surface area contributed by atoms with Crippen molar-refractivity contribution in [3.63, 3.8) is 0 Å². The van der Waals surface area contributed by atoms with Gasteiger partial charge >= 0.3 is 0 Å². The highest BCUT2D eigenvalue weighted by molar-refractivity contribution is 8.37. The Bertz CT molecular complexity index is 88.6. The number of thioether (sulfide) groups is 1. The molecule has 9 heavy (non-hydrogen) atoms. The van der Waals surface area contributed by atoms with Crippen LogP contribution in [0.5, 0.6) is 0 Å². The van der Waals surface area contributed by atoms with E-state index in [9.17, 15) is 4.79 Å². The smallest absolute Gasteiger partial charge is 0.260 e. The number of nitrogens with one attached hydrogen (secondary N) is 1. The van der Waals surface area contributed by atoms with Gasteiger partial charge < -0.3 is 5.73 Å². The minimum absolute atomic E-state index is 0.0722. The van der Waals surface area contributed by atoms with E-state index >= 15 is 0 Å². The molecule has 0 atom stereocenters. The summed E-state index contributed by atoms with van der Waals surface area (Å²) in [5.41, 5.74) is 5.17. The molecule has 3 N–H and O–H groups in total. The fourth-order valence-electron chi connectivity index (χ4n) is 0.255. The molecule has 0 aliphatic rings. The molecule has 0 aromatic rings. The Kier molecular flexibility index (Phi) is 6.62. The van der Waals surface area contributed by atoms with Gasteiger partial charge in [-0.3, -0.25) is 9.52 Å². The summed E-state index contributed by atoms with van der Waals surface area (Å²) in [6.07, 6.45) is 0. The molecule has 0 spiro atoms. The molecule has 3 nitrogen and oxygen atoms in total. The van der Waals surface area contributed by atoms with Crippen LogP contribution in [0.25, 0.3) is 0 Å². The third-order valence-corrected chi connectivity index (χ3v) is 2.17. The summed E-state index contributed by atoms with van der Waals surface area (Å²) in [5.74, 6) is 0.702. The highest BCUT2D eigenvalue weighted by Gasteiger charge is 1.98. The molecule has 0 aliphatic heterocycles. The van der Waals surface area contributed by atoms with Crippen molar-refractivity contribution in [2.75, 3.05) is 19.3 Å². The average Bonchev–Trinajstić information content (AvgIpc) is 1.85. The summed E-state index contributed by atoms with van der Waals surface area (Å²) in [5, 5.41) is 0. The Balaban J connectivity index is 3.06. The molecular weight excluding hydrogens is 156 g/mol. The first kappa shape index (κ1) is 9.29.